The molecule has 2 heteroatoms. The number of nitrogens with two attached hydrogens (primary N) is 1. The summed E-state index contributed by atoms with van der Waals surface area (Å²) in [6, 6.07) is 0. The highest BCUT2D eigenvalue weighted by Gasteiger charge is 2.32. The van der Waals surface area contributed by atoms with E-state index in [1.165, 1.54) is 19.3 Å². The number of ether oxygens (including phenoxy) is 1. The van der Waals surface area contributed by atoms with E-state index >= 15 is 0 Å². The van der Waals surface area contributed by atoms with Crippen LogP contribution in [-0.4, -0.2) is 18.2 Å². The summed E-state index contributed by atoms with van der Waals surface area (Å²) in [6.45, 7) is 9.71. The Morgan fingerprint density at radius 2 is 1.56 bits per heavy atom. The highest BCUT2D eigenvalue weighted by Crippen LogP contribution is 2.34. The maximum atomic E-state index is 6.34. The van der Waals surface area contributed by atoms with Crippen LogP contribution in [0.2, 0.25) is 0 Å². The minimum atomic E-state index is -0.0680. The summed E-state index contributed by atoms with van der Waals surface area (Å²) < 4.78 is 6.34. The molecule has 2 N–H and O–H groups in total. The first-order valence-electron chi connectivity index (χ1n) is 6.93. The van der Waals surface area contributed by atoms with Gasteiger partial charge in [0.2, 0.25) is 0 Å². The average Bonchev–Trinajstić information content (AvgIpc) is 2.25. The van der Waals surface area contributed by atoms with Crippen LogP contribution in [0, 0.1) is 11.8 Å². The van der Waals surface area contributed by atoms with Crippen molar-refractivity contribution in [1.82, 2.24) is 0 Å². The van der Waals surface area contributed by atoms with Gasteiger partial charge in [-0.1, -0.05) is 27.7 Å². The standard InChI is InChI=1S/C14H29NO/c1-5-14(6-2,10-15)16-13-8-11(3)7-12(4)9-13/h11-13H,5-10,15H2,1-4H3. The molecule has 2 atom stereocenters. The highest BCUT2D eigenvalue weighted by atomic mass is 16.5. The van der Waals surface area contributed by atoms with Crippen LogP contribution >= 0.6 is 0 Å². The molecule has 1 rings (SSSR count). The fourth-order valence-electron chi connectivity index (χ4n) is 3.08. The van der Waals surface area contributed by atoms with Crippen molar-refractivity contribution in [1.29, 1.82) is 0 Å². The van der Waals surface area contributed by atoms with Crippen LogP contribution in [0.4, 0.5) is 0 Å². The summed E-state index contributed by atoms with van der Waals surface area (Å²) in [5, 5.41) is 0. The molecule has 1 fully saturated rings. The molecule has 0 aliphatic heterocycles. The van der Waals surface area contributed by atoms with E-state index in [0.29, 0.717) is 12.6 Å². The second-order valence-corrected chi connectivity index (χ2v) is 5.75. The monoisotopic (exact) mass is 227 g/mol. The van der Waals surface area contributed by atoms with Gasteiger partial charge >= 0.3 is 0 Å². The maximum absolute atomic E-state index is 6.34. The molecule has 0 radical (unpaired) electrons. The van der Waals surface area contributed by atoms with E-state index in [9.17, 15) is 0 Å². The van der Waals surface area contributed by atoms with Crippen molar-refractivity contribution in [2.45, 2.75) is 71.5 Å². The molecule has 0 saturated heterocycles. The molecule has 0 aromatic rings. The lowest BCUT2D eigenvalue weighted by atomic mass is 9.81. The van der Waals surface area contributed by atoms with Gasteiger partial charge in [-0.15, -0.1) is 0 Å². The molecule has 1 saturated carbocycles. The second-order valence-electron chi connectivity index (χ2n) is 5.75. The average molecular weight is 227 g/mol. The summed E-state index contributed by atoms with van der Waals surface area (Å²) in [5.74, 6) is 1.61. The molecule has 0 heterocycles. The Morgan fingerprint density at radius 1 is 1.06 bits per heavy atom. The first-order valence-corrected chi connectivity index (χ1v) is 6.93. The first kappa shape index (κ1) is 14.0. The van der Waals surface area contributed by atoms with Gasteiger partial charge in [0.15, 0.2) is 0 Å². The Morgan fingerprint density at radius 3 is 1.94 bits per heavy atom. The summed E-state index contributed by atoms with van der Waals surface area (Å²) >= 11 is 0. The van der Waals surface area contributed by atoms with Gasteiger partial charge in [-0.05, 0) is 43.9 Å². The van der Waals surface area contributed by atoms with E-state index in [-0.39, 0.29) is 5.60 Å². The summed E-state index contributed by atoms with van der Waals surface area (Å²) in [5.41, 5.74) is 5.82. The third kappa shape index (κ3) is 3.46. The third-order valence-corrected chi connectivity index (χ3v) is 4.21. The van der Waals surface area contributed by atoms with E-state index < -0.39 is 0 Å². The molecule has 2 unspecified atom stereocenters. The summed E-state index contributed by atoms with van der Waals surface area (Å²) in [7, 11) is 0. The fraction of sp³-hybridized carbons (Fsp3) is 1.00. The second kappa shape index (κ2) is 6.02. The maximum Gasteiger partial charge on any atom is 0.0802 e. The quantitative estimate of drug-likeness (QED) is 0.781. The van der Waals surface area contributed by atoms with Crippen molar-refractivity contribution in [2.24, 2.45) is 17.6 Å². The Kier molecular flexibility index (Phi) is 5.26. The molecule has 96 valence electrons. The van der Waals surface area contributed by atoms with Crippen LogP contribution < -0.4 is 5.73 Å². The zero-order valence-electron chi connectivity index (χ0n) is 11.5. The van der Waals surface area contributed by atoms with Crippen LogP contribution in [-0.2, 0) is 4.74 Å². The van der Waals surface area contributed by atoms with E-state index in [1.807, 2.05) is 0 Å². The van der Waals surface area contributed by atoms with Gasteiger partial charge < -0.3 is 10.5 Å². The Balaban J connectivity index is 2.57. The predicted molar refractivity (Wildman–Crippen MR) is 69.4 cm³/mol. The smallest absolute Gasteiger partial charge is 0.0802 e. The van der Waals surface area contributed by atoms with E-state index in [4.69, 9.17) is 10.5 Å². The highest BCUT2D eigenvalue weighted by molar-refractivity contribution is 4.83. The topological polar surface area (TPSA) is 35.2 Å². The van der Waals surface area contributed by atoms with Crippen LogP contribution in [0.1, 0.15) is 59.8 Å². The van der Waals surface area contributed by atoms with Gasteiger partial charge in [-0.2, -0.15) is 0 Å². The molecule has 0 bridgehead atoms. The molecule has 0 aromatic heterocycles. The van der Waals surface area contributed by atoms with E-state index in [1.54, 1.807) is 0 Å². The van der Waals surface area contributed by atoms with Gasteiger partial charge in [0.1, 0.15) is 0 Å². The van der Waals surface area contributed by atoms with Crippen molar-refractivity contribution in [2.75, 3.05) is 6.54 Å². The Hall–Kier alpha value is -0.0800. The SMILES string of the molecule is CCC(CC)(CN)OC1CC(C)CC(C)C1. The molecule has 2 nitrogen and oxygen atoms in total. The van der Waals surface area contributed by atoms with Crippen molar-refractivity contribution in [3.8, 4) is 0 Å². The van der Waals surface area contributed by atoms with E-state index in [0.717, 1.165) is 24.7 Å². The first-order chi connectivity index (χ1) is 7.55. The van der Waals surface area contributed by atoms with Crippen molar-refractivity contribution >= 4 is 0 Å². The Labute approximate surface area is 101 Å². The lowest BCUT2D eigenvalue weighted by molar-refractivity contribution is -0.116. The molecule has 0 aromatic carbocycles. The minimum Gasteiger partial charge on any atom is -0.370 e. The van der Waals surface area contributed by atoms with E-state index in [2.05, 4.69) is 27.7 Å². The van der Waals surface area contributed by atoms with Gasteiger partial charge in [0.25, 0.3) is 0 Å². The van der Waals surface area contributed by atoms with Gasteiger partial charge in [0, 0.05) is 6.54 Å². The van der Waals surface area contributed by atoms with Crippen LogP contribution in [0.25, 0.3) is 0 Å². The number of hydrogen-bond acceptors (Lipinski definition) is 2. The normalized spacial score (nSPS) is 31.7. The fourth-order valence-corrected chi connectivity index (χ4v) is 3.08. The molecule has 0 spiro atoms. The summed E-state index contributed by atoms with van der Waals surface area (Å²) in [4.78, 5) is 0. The van der Waals surface area contributed by atoms with Crippen molar-refractivity contribution in [3.05, 3.63) is 0 Å². The van der Waals surface area contributed by atoms with Gasteiger partial charge in [-0.25, -0.2) is 0 Å². The zero-order chi connectivity index (χ0) is 12.2. The van der Waals surface area contributed by atoms with Crippen molar-refractivity contribution < 1.29 is 4.74 Å². The Bertz CT molecular complexity index is 183. The van der Waals surface area contributed by atoms with Crippen LogP contribution in [0.5, 0.6) is 0 Å². The molecule has 1 aliphatic rings. The van der Waals surface area contributed by atoms with Gasteiger partial charge in [-0.3, -0.25) is 0 Å². The minimum absolute atomic E-state index is 0.0680. The van der Waals surface area contributed by atoms with Crippen molar-refractivity contribution in [3.63, 3.8) is 0 Å². The predicted octanol–water partition coefficient (Wildman–Crippen LogP) is 3.35. The number of rotatable bonds is 5. The third-order valence-electron chi connectivity index (χ3n) is 4.21. The molecule has 16 heavy (non-hydrogen) atoms. The molecule has 0 amide bonds. The number of hydrogen-bond donors (Lipinski definition) is 1. The van der Waals surface area contributed by atoms with Gasteiger partial charge in [0.05, 0.1) is 11.7 Å². The lowest BCUT2D eigenvalue weighted by Gasteiger charge is -2.39. The van der Waals surface area contributed by atoms with Crippen LogP contribution in [0.15, 0.2) is 0 Å². The zero-order valence-corrected chi connectivity index (χ0v) is 11.5. The van der Waals surface area contributed by atoms with Crippen LogP contribution in [0.3, 0.4) is 0 Å². The molecular formula is C14H29NO. The largest absolute Gasteiger partial charge is 0.370 e. The lowest BCUT2D eigenvalue weighted by Crippen LogP contribution is -2.44. The molecular weight excluding hydrogens is 198 g/mol. The summed E-state index contributed by atoms with van der Waals surface area (Å²) in [6.07, 6.45) is 6.27. The molecule has 1 aliphatic carbocycles.